The van der Waals surface area contributed by atoms with Crippen LogP contribution in [0.15, 0.2) is 36.0 Å². The van der Waals surface area contributed by atoms with Crippen LogP contribution in [0.25, 0.3) is 11.0 Å². The summed E-state index contributed by atoms with van der Waals surface area (Å²) in [7, 11) is 0. The second kappa shape index (κ2) is 4.91. The maximum atomic E-state index is 10.6. The summed E-state index contributed by atoms with van der Waals surface area (Å²) >= 11 is 0. The molecule has 0 aliphatic rings. The van der Waals surface area contributed by atoms with Crippen molar-refractivity contribution in [2.75, 3.05) is 0 Å². The smallest absolute Gasteiger partial charge is 0.351 e. The molecule has 0 bridgehead atoms. The summed E-state index contributed by atoms with van der Waals surface area (Å²) in [4.78, 5) is 15.1. The van der Waals surface area contributed by atoms with E-state index in [1.807, 2.05) is 31.2 Å². The standard InChI is InChI=1S/C13H15N3O2/c1-2-16-11-6-4-3-5-10(11)15-12(16)8-7-9(14)13(17)18/h3-7H,2,8,14H2,1H3,(H,17,18)/b9-7+. The highest BCUT2D eigenvalue weighted by Crippen LogP contribution is 2.16. The number of para-hydroxylation sites is 2. The second-order valence-corrected chi connectivity index (χ2v) is 3.93. The average molecular weight is 245 g/mol. The van der Waals surface area contributed by atoms with Crippen molar-refractivity contribution in [1.29, 1.82) is 0 Å². The SMILES string of the molecule is CCn1c(C/C=C(/N)C(=O)O)nc2ccccc21. The Balaban J connectivity index is 2.39. The van der Waals surface area contributed by atoms with Crippen LogP contribution in [0.4, 0.5) is 0 Å². The monoisotopic (exact) mass is 245 g/mol. The Labute approximate surface area is 105 Å². The van der Waals surface area contributed by atoms with E-state index in [9.17, 15) is 4.79 Å². The van der Waals surface area contributed by atoms with Crippen molar-refractivity contribution in [3.63, 3.8) is 0 Å². The van der Waals surface area contributed by atoms with Crippen LogP contribution in [0.1, 0.15) is 12.7 Å². The molecule has 0 aliphatic carbocycles. The number of nitrogens with zero attached hydrogens (tertiary/aromatic N) is 2. The van der Waals surface area contributed by atoms with E-state index in [1.165, 1.54) is 6.08 Å². The van der Waals surface area contributed by atoms with Crippen LogP contribution in [0, 0.1) is 0 Å². The predicted molar refractivity (Wildman–Crippen MR) is 69.0 cm³/mol. The van der Waals surface area contributed by atoms with E-state index >= 15 is 0 Å². The lowest BCUT2D eigenvalue weighted by molar-refractivity contribution is -0.132. The van der Waals surface area contributed by atoms with Gasteiger partial charge in [-0.2, -0.15) is 0 Å². The Morgan fingerprint density at radius 1 is 1.50 bits per heavy atom. The molecule has 5 heteroatoms. The van der Waals surface area contributed by atoms with Gasteiger partial charge in [-0.15, -0.1) is 0 Å². The minimum Gasteiger partial charge on any atom is -0.477 e. The molecule has 1 aromatic heterocycles. The van der Waals surface area contributed by atoms with Crippen molar-refractivity contribution >= 4 is 17.0 Å². The topological polar surface area (TPSA) is 81.1 Å². The molecule has 0 saturated carbocycles. The lowest BCUT2D eigenvalue weighted by Gasteiger charge is -2.03. The molecule has 0 amide bonds. The van der Waals surface area contributed by atoms with Gasteiger partial charge in [-0.3, -0.25) is 0 Å². The number of imidazole rings is 1. The first-order chi connectivity index (χ1) is 8.63. The van der Waals surface area contributed by atoms with Crippen molar-refractivity contribution in [2.45, 2.75) is 19.9 Å². The highest BCUT2D eigenvalue weighted by Gasteiger charge is 2.08. The third-order valence-corrected chi connectivity index (χ3v) is 2.80. The molecule has 0 radical (unpaired) electrons. The van der Waals surface area contributed by atoms with Crippen LogP contribution in [0.5, 0.6) is 0 Å². The number of rotatable bonds is 4. The van der Waals surface area contributed by atoms with E-state index in [4.69, 9.17) is 10.8 Å². The largest absolute Gasteiger partial charge is 0.477 e. The number of benzene rings is 1. The molecule has 0 fully saturated rings. The molecule has 0 saturated heterocycles. The molecule has 18 heavy (non-hydrogen) atoms. The summed E-state index contributed by atoms with van der Waals surface area (Å²) < 4.78 is 2.06. The van der Waals surface area contributed by atoms with Crippen molar-refractivity contribution in [1.82, 2.24) is 9.55 Å². The molecular weight excluding hydrogens is 230 g/mol. The molecule has 0 aliphatic heterocycles. The Kier molecular flexibility index (Phi) is 3.32. The van der Waals surface area contributed by atoms with Crippen molar-refractivity contribution in [2.24, 2.45) is 5.73 Å². The highest BCUT2D eigenvalue weighted by atomic mass is 16.4. The minimum absolute atomic E-state index is 0.148. The maximum Gasteiger partial charge on any atom is 0.351 e. The highest BCUT2D eigenvalue weighted by molar-refractivity contribution is 5.85. The molecular formula is C13H15N3O2. The zero-order valence-electron chi connectivity index (χ0n) is 10.1. The van der Waals surface area contributed by atoms with Gasteiger partial charge >= 0.3 is 5.97 Å². The van der Waals surface area contributed by atoms with E-state index in [-0.39, 0.29) is 5.70 Å². The van der Waals surface area contributed by atoms with Gasteiger partial charge in [-0.25, -0.2) is 9.78 Å². The summed E-state index contributed by atoms with van der Waals surface area (Å²) in [6, 6.07) is 7.83. The van der Waals surface area contributed by atoms with Gasteiger partial charge in [0, 0.05) is 13.0 Å². The van der Waals surface area contributed by atoms with Crippen LogP contribution in [-0.2, 0) is 17.8 Å². The van der Waals surface area contributed by atoms with Gasteiger partial charge < -0.3 is 15.4 Å². The summed E-state index contributed by atoms with van der Waals surface area (Å²) in [6.07, 6.45) is 1.90. The van der Waals surface area contributed by atoms with Crippen molar-refractivity contribution in [3.05, 3.63) is 41.9 Å². The van der Waals surface area contributed by atoms with Crippen LogP contribution >= 0.6 is 0 Å². The number of carboxylic acid groups (broad SMARTS) is 1. The first kappa shape index (κ1) is 12.2. The zero-order chi connectivity index (χ0) is 13.1. The number of carboxylic acids is 1. The maximum absolute atomic E-state index is 10.6. The van der Waals surface area contributed by atoms with Gasteiger partial charge in [0.25, 0.3) is 0 Å². The number of aryl methyl sites for hydroxylation is 1. The summed E-state index contributed by atoms with van der Waals surface area (Å²) in [5.74, 6) is -0.281. The third-order valence-electron chi connectivity index (χ3n) is 2.80. The van der Waals surface area contributed by atoms with Gasteiger partial charge in [0.1, 0.15) is 11.5 Å². The number of aliphatic carboxylic acids is 1. The molecule has 2 aromatic rings. The summed E-state index contributed by atoms with van der Waals surface area (Å²) in [5, 5.41) is 8.71. The quantitative estimate of drug-likeness (QED) is 0.800. The molecule has 0 unspecified atom stereocenters. The number of aromatic nitrogens is 2. The lowest BCUT2D eigenvalue weighted by Crippen LogP contribution is -2.11. The van der Waals surface area contributed by atoms with E-state index in [0.29, 0.717) is 6.42 Å². The van der Waals surface area contributed by atoms with Crippen LogP contribution < -0.4 is 5.73 Å². The lowest BCUT2D eigenvalue weighted by atomic mass is 10.3. The van der Waals surface area contributed by atoms with Gasteiger partial charge in [0.05, 0.1) is 11.0 Å². The molecule has 2 rings (SSSR count). The second-order valence-electron chi connectivity index (χ2n) is 3.93. The number of nitrogens with two attached hydrogens (primary N) is 1. The molecule has 94 valence electrons. The Bertz CT molecular complexity index is 614. The van der Waals surface area contributed by atoms with Crippen LogP contribution in [0.3, 0.4) is 0 Å². The average Bonchev–Trinajstić information content (AvgIpc) is 2.73. The van der Waals surface area contributed by atoms with Crippen molar-refractivity contribution < 1.29 is 9.90 Å². The number of carbonyl (C=O) groups is 1. The Hall–Kier alpha value is -2.30. The number of hydrogen-bond acceptors (Lipinski definition) is 3. The van der Waals surface area contributed by atoms with Gasteiger partial charge in [-0.1, -0.05) is 12.1 Å². The van der Waals surface area contributed by atoms with Gasteiger partial charge in [-0.05, 0) is 25.1 Å². The van der Waals surface area contributed by atoms with Crippen LogP contribution in [0.2, 0.25) is 0 Å². The number of allylic oxidation sites excluding steroid dienone is 1. The molecule has 0 atom stereocenters. The van der Waals surface area contributed by atoms with Crippen molar-refractivity contribution in [3.8, 4) is 0 Å². The zero-order valence-corrected chi connectivity index (χ0v) is 10.1. The number of hydrogen-bond donors (Lipinski definition) is 2. The van der Waals surface area contributed by atoms with E-state index in [1.54, 1.807) is 0 Å². The number of fused-ring (bicyclic) bond motifs is 1. The Morgan fingerprint density at radius 3 is 2.89 bits per heavy atom. The first-order valence-corrected chi connectivity index (χ1v) is 5.76. The Morgan fingerprint density at radius 2 is 2.22 bits per heavy atom. The first-order valence-electron chi connectivity index (χ1n) is 5.76. The third kappa shape index (κ3) is 2.20. The normalized spacial score (nSPS) is 11.9. The van der Waals surface area contributed by atoms with Gasteiger partial charge in [0.15, 0.2) is 0 Å². The summed E-state index contributed by atoms with van der Waals surface area (Å²) in [5.41, 5.74) is 7.19. The fourth-order valence-electron chi connectivity index (χ4n) is 1.92. The minimum atomic E-state index is -1.10. The molecule has 5 nitrogen and oxygen atoms in total. The molecule has 0 spiro atoms. The fourth-order valence-corrected chi connectivity index (χ4v) is 1.92. The molecule has 3 N–H and O–H groups in total. The van der Waals surface area contributed by atoms with E-state index in [0.717, 1.165) is 23.4 Å². The van der Waals surface area contributed by atoms with E-state index in [2.05, 4.69) is 9.55 Å². The molecule has 1 heterocycles. The fraction of sp³-hybridized carbons (Fsp3) is 0.231. The molecule has 1 aromatic carbocycles. The summed E-state index contributed by atoms with van der Waals surface area (Å²) in [6.45, 7) is 2.82. The van der Waals surface area contributed by atoms with Crippen LogP contribution in [-0.4, -0.2) is 20.6 Å². The predicted octanol–water partition coefficient (Wildman–Crippen LogP) is 1.53. The van der Waals surface area contributed by atoms with Gasteiger partial charge in [0.2, 0.25) is 0 Å². The van der Waals surface area contributed by atoms with E-state index < -0.39 is 5.97 Å².